The number of carbonyl (C=O) groups is 1. The van der Waals surface area contributed by atoms with E-state index < -0.39 is 11.9 Å². The SMILES string of the molecule is Cn1nccc1C(=O)NC1CCC(Nc2cccc3nc(C(F)(F)F)cn23)CC1. The molecule has 2 N–H and O–H groups in total. The molecular formula is C19H21F3N6O. The third kappa shape index (κ3) is 4.06. The van der Waals surface area contributed by atoms with Crippen LogP contribution in [0.2, 0.25) is 0 Å². The largest absolute Gasteiger partial charge is 0.434 e. The molecule has 3 aromatic heterocycles. The molecule has 1 aliphatic rings. The maximum absolute atomic E-state index is 13.0. The van der Waals surface area contributed by atoms with E-state index in [1.807, 2.05) is 0 Å². The van der Waals surface area contributed by atoms with Gasteiger partial charge in [-0.1, -0.05) is 6.07 Å². The summed E-state index contributed by atoms with van der Waals surface area (Å²) in [6.07, 6.45) is 1.28. The molecule has 7 nitrogen and oxygen atoms in total. The Morgan fingerprint density at radius 2 is 1.86 bits per heavy atom. The van der Waals surface area contributed by atoms with E-state index in [-0.39, 0.29) is 23.6 Å². The van der Waals surface area contributed by atoms with E-state index in [4.69, 9.17) is 0 Å². The van der Waals surface area contributed by atoms with E-state index in [0.717, 1.165) is 31.9 Å². The summed E-state index contributed by atoms with van der Waals surface area (Å²) in [5, 5.41) is 10.4. The number of hydrogen-bond acceptors (Lipinski definition) is 4. The molecule has 0 unspecified atom stereocenters. The zero-order chi connectivity index (χ0) is 20.6. The van der Waals surface area contributed by atoms with Gasteiger partial charge in [-0.3, -0.25) is 13.9 Å². The van der Waals surface area contributed by atoms with Gasteiger partial charge in [-0.05, 0) is 43.9 Å². The van der Waals surface area contributed by atoms with Crippen LogP contribution in [0, 0.1) is 0 Å². The minimum Gasteiger partial charge on any atom is -0.368 e. The highest BCUT2D eigenvalue weighted by atomic mass is 19.4. The molecule has 154 valence electrons. The first-order valence-corrected chi connectivity index (χ1v) is 9.42. The van der Waals surface area contributed by atoms with Gasteiger partial charge in [0.05, 0.1) is 0 Å². The van der Waals surface area contributed by atoms with Crippen molar-refractivity contribution in [1.82, 2.24) is 24.5 Å². The molecule has 1 fully saturated rings. The third-order valence-corrected chi connectivity index (χ3v) is 5.25. The zero-order valence-corrected chi connectivity index (χ0v) is 15.8. The first-order valence-electron chi connectivity index (χ1n) is 9.42. The molecule has 0 aliphatic heterocycles. The maximum atomic E-state index is 13.0. The lowest BCUT2D eigenvalue weighted by Crippen LogP contribution is -2.40. The Bertz CT molecular complexity index is 1020. The minimum absolute atomic E-state index is 0.0660. The first kappa shape index (κ1) is 19.3. The van der Waals surface area contributed by atoms with Gasteiger partial charge in [0, 0.05) is 31.5 Å². The summed E-state index contributed by atoms with van der Waals surface area (Å²) < 4.78 is 41.8. The normalized spacial score (nSPS) is 20.0. The number of nitrogens with zero attached hydrogens (tertiary/aromatic N) is 4. The Morgan fingerprint density at radius 3 is 2.52 bits per heavy atom. The van der Waals surface area contributed by atoms with E-state index >= 15 is 0 Å². The number of alkyl halides is 3. The molecule has 4 rings (SSSR count). The van der Waals surface area contributed by atoms with Gasteiger partial charge in [-0.25, -0.2) is 4.98 Å². The highest BCUT2D eigenvalue weighted by molar-refractivity contribution is 5.92. The molecule has 0 spiro atoms. The van der Waals surface area contributed by atoms with Crippen molar-refractivity contribution >= 4 is 17.4 Å². The predicted octanol–water partition coefficient (Wildman–Crippen LogP) is 3.24. The minimum atomic E-state index is -4.48. The van der Waals surface area contributed by atoms with Crippen molar-refractivity contribution in [3.63, 3.8) is 0 Å². The summed E-state index contributed by atoms with van der Waals surface area (Å²) in [5.41, 5.74) is -0.148. The summed E-state index contributed by atoms with van der Waals surface area (Å²) in [5.74, 6) is 0.428. The smallest absolute Gasteiger partial charge is 0.368 e. The van der Waals surface area contributed by atoms with E-state index in [9.17, 15) is 18.0 Å². The van der Waals surface area contributed by atoms with Crippen LogP contribution < -0.4 is 10.6 Å². The van der Waals surface area contributed by atoms with E-state index in [1.54, 1.807) is 37.5 Å². The third-order valence-electron chi connectivity index (χ3n) is 5.25. The number of anilines is 1. The molecule has 1 aliphatic carbocycles. The number of carbonyl (C=O) groups excluding carboxylic acids is 1. The van der Waals surface area contributed by atoms with Crippen LogP contribution >= 0.6 is 0 Å². The number of amides is 1. The summed E-state index contributed by atoms with van der Waals surface area (Å²) in [6.45, 7) is 0. The van der Waals surface area contributed by atoms with Crippen LogP contribution in [-0.2, 0) is 13.2 Å². The molecule has 1 saturated carbocycles. The van der Waals surface area contributed by atoms with E-state index in [2.05, 4.69) is 20.7 Å². The Kier molecular flexibility index (Phi) is 4.93. The van der Waals surface area contributed by atoms with Crippen LogP contribution in [0.3, 0.4) is 0 Å². The number of pyridine rings is 1. The standard InChI is InChI=1S/C19H21F3N6O/c1-27-14(9-10-23-27)18(29)25-13-7-5-12(6-8-13)24-16-3-2-4-17-26-15(11-28(16)17)19(20,21)22/h2-4,9-13,24H,5-8H2,1H3,(H,25,29). The molecule has 3 aromatic rings. The number of fused-ring (bicyclic) bond motifs is 1. The zero-order valence-electron chi connectivity index (χ0n) is 15.8. The number of aromatic nitrogens is 4. The van der Waals surface area contributed by atoms with Crippen LogP contribution in [0.5, 0.6) is 0 Å². The molecule has 1 amide bonds. The van der Waals surface area contributed by atoms with Crippen molar-refractivity contribution in [3.8, 4) is 0 Å². The summed E-state index contributed by atoms with van der Waals surface area (Å²) in [6, 6.07) is 6.82. The number of hydrogen-bond donors (Lipinski definition) is 2. The second kappa shape index (κ2) is 7.41. The van der Waals surface area contributed by atoms with E-state index in [0.29, 0.717) is 11.5 Å². The van der Waals surface area contributed by atoms with Gasteiger partial charge >= 0.3 is 6.18 Å². The van der Waals surface area contributed by atoms with Crippen molar-refractivity contribution in [3.05, 3.63) is 48.0 Å². The summed E-state index contributed by atoms with van der Waals surface area (Å²) >= 11 is 0. The fraction of sp³-hybridized carbons (Fsp3) is 0.421. The van der Waals surface area contributed by atoms with Crippen LogP contribution in [-0.4, -0.2) is 37.2 Å². The summed E-state index contributed by atoms with van der Waals surface area (Å²) in [7, 11) is 1.72. The maximum Gasteiger partial charge on any atom is 0.434 e. The van der Waals surface area contributed by atoms with Crippen molar-refractivity contribution in [2.45, 2.75) is 43.9 Å². The molecule has 10 heteroatoms. The molecule has 3 heterocycles. The average Bonchev–Trinajstić information content (AvgIpc) is 3.30. The lowest BCUT2D eigenvalue weighted by Gasteiger charge is -2.30. The predicted molar refractivity (Wildman–Crippen MR) is 101 cm³/mol. The molecule has 0 bridgehead atoms. The quantitative estimate of drug-likeness (QED) is 0.698. The Morgan fingerprint density at radius 1 is 1.14 bits per heavy atom. The number of aryl methyl sites for hydroxylation is 1. The van der Waals surface area contributed by atoms with Gasteiger partial charge in [0.15, 0.2) is 5.69 Å². The fourth-order valence-corrected chi connectivity index (χ4v) is 3.71. The van der Waals surface area contributed by atoms with Gasteiger partial charge in [-0.2, -0.15) is 18.3 Å². The Balaban J connectivity index is 1.38. The summed E-state index contributed by atoms with van der Waals surface area (Å²) in [4.78, 5) is 16.0. The van der Waals surface area contributed by atoms with Crippen LogP contribution in [0.4, 0.5) is 19.0 Å². The van der Waals surface area contributed by atoms with Gasteiger partial charge in [0.1, 0.15) is 17.2 Å². The number of halogens is 3. The number of imidazole rings is 1. The topological polar surface area (TPSA) is 76.2 Å². The van der Waals surface area contributed by atoms with Crippen molar-refractivity contribution in [1.29, 1.82) is 0 Å². The van der Waals surface area contributed by atoms with Crippen molar-refractivity contribution < 1.29 is 18.0 Å². The molecule has 0 atom stereocenters. The highest BCUT2D eigenvalue weighted by Gasteiger charge is 2.34. The lowest BCUT2D eigenvalue weighted by atomic mass is 9.91. The number of nitrogens with one attached hydrogen (secondary N) is 2. The lowest BCUT2D eigenvalue weighted by molar-refractivity contribution is -0.140. The molecule has 0 saturated heterocycles. The van der Waals surface area contributed by atoms with Crippen molar-refractivity contribution in [2.75, 3.05) is 5.32 Å². The molecule has 0 radical (unpaired) electrons. The van der Waals surface area contributed by atoms with Gasteiger partial charge < -0.3 is 10.6 Å². The monoisotopic (exact) mass is 406 g/mol. The second-order valence-electron chi connectivity index (χ2n) is 7.27. The Labute approximate surface area is 164 Å². The molecule has 29 heavy (non-hydrogen) atoms. The number of rotatable bonds is 4. The van der Waals surface area contributed by atoms with Gasteiger partial charge in [0.25, 0.3) is 5.91 Å². The van der Waals surface area contributed by atoms with Crippen molar-refractivity contribution in [2.24, 2.45) is 7.05 Å². The average molecular weight is 406 g/mol. The first-order chi connectivity index (χ1) is 13.8. The van der Waals surface area contributed by atoms with E-state index in [1.165, 1.54) is 9.08 Å². The highest BCUT2D eigenvalue weighted by Crippen LogP contribution is 2.30. The van der Waals surface area contributed by atoms with Gasteiger partial charge in [0.2, 0.25) is 0 Å². The molecular weight excluding hydrogens is 385 g/mol. The fourth-order valence-electron chi connectivity index (χ4n) is 3.71. The Hall–Kier alpha value is -3.04. The second-order valence-corrected chi connectivity index (χ2v) is 7.27. The van der Waals surface area contributed by atoms with Crippen LogP contribution in [0.1, 0.15) is 41.9 Å². The van der Waals surface area contributed by atoms with Crippen LogP contribution in [0.25, 0.3) is 5.65 Å². The molecule has 0 aromatic carbocycles. The van der Waals surface area contributed by atoms with Gasteiger partial charge in [-0.15, -0.1) is 0 Å². The van der Waals surface area contributed by atoms with Crippen LogP contribution in [0.15, 0.2) is 36.7 Å².